The molecular formula is C16H23N5O3. The van der Waals surface area contributed by atoms with Gasteiger partial charge < -0.3 is 14.1 Å². The van der Waals surface area contributed by atoms with Crippen LogP contribution in [0.15, 0.2) is 4.42 Å². The smallest absolute Gasteiger partial charge is 0.242 e. The lowest BCUT2D eigenvalue weighted by Gasteiger charge is -2.39. The van der Waals surface area contributed by atoms with E-state index in [2.05, 4.69) is 27.3 Å². The molecule has 1 N–H and O–H groups in total. The van der Waals surface area contributed by atoms with E-state index in [9.17, 15) is 4.79 Å². The third kappa shape index (κ3) is 3.48. The predicted octanol–water partition coefficient (Wildman–Crippen LogP) is 1.64. The number of aromatic nitrogens is 4. The molecule has 1 atom stereocenters. The summed E-state index contributed by atoms with van der Waals surface area (Å²) < 4.78 is 10.9. The Morgan fingerprint density at radius 2 is 2.12 bits per heavy atom. The van der Waals surface area contributed by atoms with E-state index < -0.39 is 0 Å². The molecule has 0 spiro atoms. The van der Waals surface area contributed by atoms with Gasteiger partial charge in [0.05, 0.1) is 11.8 Å². The standard InChI is InChI=1S/C16H23N5O3/c1-9(16-10(2)17-18-11(16)3)5-15(22)21-6-13(7-21)23-8-14-20-19-12(4)24-14/h9,13H,5-8H2,1-4H3,(H,17,18). The van der Waals surface area contributed by atoms with E-state index >= 15 is 0 Å². The van der Waals surface area contributed by atoms with Gasteiger partial charge in [0.15, 0.2) is 0 Å². The topological polar surface area (TPSA) is 97.1 Å². The number of nitrogens with zero attached hydrogens (tertiary/aromatic N) is 4. The van der Waals surface area contributed by atoms with Gasteiger partial charge in [0.1, 0.15) is 6.61 Å². The van der Waals surface area contributed by atoms with Gasteiger partial charge in [0.25, 0.3) is 0 Å². The van der Waals surface area contributed by atoms with E-state index in [0.717, 1.165) is 17.0 Å². The first-order valence-corrected chi connectivity index (χ1v) is 8.14. The minimum atomic E-state index is 0.0360. The van der Waals surface area contributed by atoms with Gasteiger partial charge in [0, 0.05) is 32.1 Å². The van der Waals surface area contributed by atoms with Crippen LogP contribution in [0.3, 0.4) is 0 Å². The molecule has 0 bridgehead atoms. The van der Waals surface area contributed by atoms with Crippen LogP contribution in [0.5, 0.6) is 0 Å². The minimum absolute atomic E-state index is 0.0360. The molecule has 3 rings (SSSR count). The number of hydrogen-bond donors (Lipinski definition) is 1. The summed E-state index contributed by atoms with van der Waals surface area (Å²) in [5, 5.41) is 14.8. The number of ether oxygens (including phenoxy) is 1. The number of carbonyl (C=O) groups excluding carboxylic acids is 1. The van der Waals surface area contributed by atoms with E-state index in [1.807, 2.05) is 18.7 Å². The van der Waals surface area contributed by atoms with Gasteiger partial charge in [-0.15, -0.1) is 10.2 Å². The molecule has 1 saturated heterocycles. The fourth-order valence-corrected chi connectivity index (χ4v) is 3.11. The summed E-state index contributed by atoms with van der Waals surface area (Å²) in [5.74, 6) is 1.29. The van der Waals surface area contributed by atoms with Crippen LogP contribution in [-0.4, -0.2) is 50.4 Å². The molecule has 24 heavy (non-hydrogen) atoms. The Balaban J connectivity index is 1.43. The molecule has 3 heterocycles. The summed E-state index contributed by atoms with van der Waals surface area (Å²) in [4.78, 5) is 14.2. The number of aryl methyl sites for hydroxylation is 3. The Kier molecular flexibility index (Phi) is 4.66. The van der Waals surface area contributed by atoms with Crippen molar-refractivity contribution in [1.82, 2.24) is 25.3 Å². The summed E-state index contributed by atoms with van der Waals surface area (Å²) in [6.07, 6.45) is 0.519. The summed E-state index contributed by atoms with van der Waals surface area (Å²) in [5.41, 5.74) is 3.14. The van der Waals surface area contributed by atoms with Gasteiger partial charge in [-0.3, -0.25) is 9.89 Å². The molecule has 2 aromatic heterocycles. The lowest BCUT2D eigenvalue weighted by Crippen LogP contribution is -2.54. The van der Waals surface area contributed by atoms with Gasteiger partial charge in [-0.25, -0.2) is 0 Å². The number of carbonyl (C=O) groups is 1. The molecule has 8 nitrogen and oxygen atoms in total. The lowest BCUT2D eigenvalue weighted by molar-refractivity contribution is -0.146. The number of H-pyrrole nitrogens is 1. The first kappa shape index (κ1) is 16.6. The summed E-state index contributed by atoms with van der Waals surface area (Å²) in [7, 11) is 0. The van der Waals surface area contributed by atoms with Crippen molar-refractivity contribution in [2.24, 2.45) is 0 Å². The average Bonchev–Trinajstić information content (AvgIpc) is 3.03. The van der Waals surface area contributed by atoms with E-state index in [4.69, 9.17) is 9.15 Å². The summed E-state index contributed by atoms with van der Waals surface area (Å²) in [6, 6.07) is 0. The van der Waals surface area contributed by atoms with Gasteiger partial charge in [-0.2, -0.15) is 5.10 Å². The second-order valence-electron chi connectivity index (χ2n) is 6.40. The minimum Gasteiger partial charge on any atom is -0.423 e. The summed E-state index contributed by atoms with van der Waals surface area (Å²) in [6.45, 7) is 9.27. The Labute approximate surface area is 140 Å². The lowest BCUT2D eigenvalue weighted by atomic mass is 9.94. The molecule has 0 aromatic carbocycles. The summed E-state index contributed by atoms with van der Waals surface area (Å²) >= 11 is 0. The molecule has 8 heteroatoms. The SMILES string of the molecule is Cc1nnc(COC2CN(C(=O)CC(C)c3c(C)n[nH]c3C)C2)o1. The molecular weight excluding hydrogens is 310 g/mol. The van der Waals surface area contributed by atoms with E-state index in [0.29, 0.717) is 31.3 Å². The Morgan fingerprint density at radius 3 is 2.71 bits per heavy atom. The number of hydrogen-bond acceptors (Lipinski definition) is 6. The van der Waals surface area contributed by atoms with E-state index in [1.165, 1.54) is 0 Å². The number of rotatable bonds is 6. The number of nitrogens with one attached hydrogen (secondary N) is 1. The van der Waals surface area contributed by atoms with Crippen molar-refractivity contribution < 1.29 is 13.9 Å². The Hall–Kier alpha value is -2.22. The quantitative estimate of drug-likeness (QED) is 0.863. The van der Waals surface area contributed by atoms with Crippen LogP contribution < -0.4 is 0 Å². The normalized spacial score (nSPS) is 16.2. The number of amides is 1. The third-order valence-electron chi connectivity index (χ3n) is 4.37. The van der Waals surface area contributed by atoms with Crippen LogP contribution in [0, 0.1) is 20.8 Å². The van der Waals surface area contributed by atoms with Crippen molar-refractivity contribution in [2.45, 2.75) is 52.7 Å². The largest absolute Gasteiger partial charge is 0.423 e. The highest BCUT2D eigenvalue weighted by atomic mass is 16.5. The highest BCUT2D eigenvalue weighted by Crippen LogP contribution is 2.26. The van der Waals surface area contributed by atoms with Gasteiger partial charge in [-0.1, -0.05) is 6.92 Å². The van der Waals surface area contributed by atoms with Gasteiger partial charge >= 0.3 is 0 Å². The fourth-order valence-electron chi connectivity index (χ4n) is 3.11. The third-order valence-corrected chi connectivity index (χ3v) is 4.37. The molecule has 1 amide bonds. The molecule has 0 radical (unpaired) electrons. The van der Waals surface area contributed by atoms with Crippen molar-refractivity contribution in [2.75, 3.05) is 13.1 Å². The first-order chi connectivity index (χ1) is 11.4. The zero-order valence-electron chi connectivity index (χ0n) is 14.5. The molecule has 2 aromatic rings. The van der Waals surface area contributed by atoms with Crippen LogP contribution in [-0.2, 0) is 16.1 Å². The van der Waals surface area contributed by atoms with Gasteiger partial charge in [-0.05, 0) is 25.3 Å². The Bertz CT molecular complexity index is 698. The second-order valence-corrected chi connectivity index (χ2v) is 6.40. The zero-order chi connectivity index (χ0) is 17.3. The number of likely N-dealkylation sites (tertiary alicyclic amines) is 1. The maximum Gasteiger partial charge on any atom is 0.242 e. The monoisotopic (exact) mass is 333 g/mol. The Morgan fingerprint density at radius 1 is 1.38 bits per heavy atom. The van der Waals surface area contributed by atoms with Crippen molar-refractivity contribution in [1.29, 1.82) is 0 Å². The number of aromatic amines is 1. The molecule has 130 valence electrons. The van der Waals surface area contributed by atoms with Crippen LogP contribution in [0.4, 0.5) is 0 Å². The highest BCUT2D eigenvalue weighted by molar-refractivity contribution is 5.78. The van der Waals surface area contributed by atoms with Crippen molar-refractivity contribution >= 4 is 5.91 Å². The second kappa shape index (κ2) is 6.72. The van der Waals surface area contributed by atoms with E-state index in [1.54, 1.807) is 6.92 Å². The molecule has 1 aliphatic heterocycles. The van der Waals surface area contributed by atoms with Crippen LogP contribution in [0.1, 0.15) is 48.0 Å². The molecule has 0 aliphatic carbocycles. The molecule has 0 saturated carbocycles. The van der Waals surface area contributed by atoms with Crippen molar-refractivity contribution in [3.8, 4) is 0 Å². The highest BCUT2D eigenvalue weighted by Gasteiger charge is 2.32. The van der Waals surface area contributed by atoms with Crippen LogP contribution in [0.2, 0.25) is 0 Å². The molecule has 1 aliphatic rings. The molecule has 1 fully saturated rings. The average molecular weight is 333 g/mol. The first-order valence-electron chi connectivity index (χ1n) is 8.14. The van der Waals surface area contributed by atoms with Crippen LogP contribution >= 0.6 is 0 Å². The predicted molar refractivity (Wildman–Crippen MR) is 85.3 cm³/mol. The van der Waals surface area contributed by atoms with E-state index in [-0.39, 0.29) is 24.5 Å². The maximum atomic E-state index is 12.4. The van der Waals surface area contributed by atoms with Crippen molar-refractivity contribution in [3.05, 3.63) is 28.7 Å². The molecule has 1 unspecified atom stereocenters. The van der Waals surface area contributed by atoms with Gasteiger partial charge in [0.2, 0.25) is 17.7 Å². The van der Waals surface area contributed by atoms with Crippen LogP contribution in [0.25, 0.3) is 0 Å². The maximum absolute atomic E-state index is 12.4. The fraction of sp³-hybridized carbons (Fsp3) is 0.625. The van der Waals surface area contributed by atoms with Crippen molar-refractivity contribution in [3.63, 3.8) is 0 Å². The zero-order valence-corrected chi connectivity index (χ0v) is 14.5.